The van der Waals surface area contributed by atoms with E-state index in [1.54, 1.807) is 12.1 Å². The molecule has 3 aromatic carbocycles. The number of hydrogen-bond acceptors (Lipinski definition) is 3. The zero-order chi connectivity index (χ0) is 12.8. The highest BCUT2D eigenvalue weighted by atomic mass is 28.4. The molecule has 0 aliphatic carbocycles. The predicted octanol–water partition coefficient (Wildman–Crippen LogP) is 1.12. The fraction of sp³-hybridized carbons (Fsp3) is 0. The standard InChI is InChI=1S/C14H12O3Si/c15-18(16,17)14-7-3-6-12-8-10-4-1-2-5-11(10)9-13(12)14/h1-9,15-17H. The van der Waals surface area contributed by atoms with Gasteiger partial charge in [-0.2, -0.15) is 0 Å². The van der Waals surface area contributed by atoms with Crippen LogP contribution in [0, 0.1) is 0 Å². The van der Waals surface area contributed by atoms with Gasteiger partial charge in [0.1, 0.15) is 0 Å². The second-order valence-corrected chi connectivity index (χ2v) is 6.17. The monoisotopic (exact) mass is 256 g/mol. The van der Waals surface area contributed by atoms with Gasteiger partial charge >= 0.3 is 8.80 Å². The molecule has 0 saturated carbocycles. The van der Waals surface area contributed by atoms with Gasteiger partial charge in [0.15, 0.2) is 0 Å². The molecule has 0 spiro atoms. The highest BCUT2D eigenvalue weighted by molar-refractivity contribution is 6.74. The van der Waals surface area contributed by atoms with Crippen molar-refractivity contribution in [2.24, 2.45) is 0 Å². The van der Waals surface area contributed by atoms with Crippen LogP contribution in [-0.2, 0) is 0 Å². The molecule has 0 aliphatic heterocycles. The second kappa shape index (κ2) is 3.89. The lowest BCUT2D eigenvalue weighted by Gasteiger charge is -2.13. The van der Waals surface area contributed by atoms with Crippen molar-refractivity contribution in [2.75, 3.05) is 0 Å². The van der Waals surface area contributed by atoms with Crippen molar-refractivity contribution in [1.82, 2.24) is 0 Å². The molecule has 0 radical (unpaired) electrons. The summed E-state index contributed by atoms with van der Waals surface area (Å²) in [5.41, 5.74) is 0. The van der Waals surface area contributed by atoms with E-state index < -0.39 is 8.80 Å². The number of hydrogen-bond donors (Lipinski definition) is 3. The number of rotatable bonds is 1. The Bertz CT molecular complexity index is 732. The molecular weight excluding hydrogens is 244 g/mol. The Morgan fingerprint density at radius 2 is 1.28 bits per heavy atom. The van der Waals surface area contributed by atoms with Gasteiger partial charge < -0.3 is 14.4 Å². The SMILES string of the molecule is O[Si](O)(O)c1cccc2cc3ccccc3cc12. The fourth-order valence-electron chi connectivity index (χ4n) is 2.26. The van der Waals surface area contributed by atoms with Crippen LogP contribution in [0.2, 0.25) is 0 Å². The summed E-state index contributed by atoms with van der Waals surface area (Å²) in [7, 11) is -4.29. The third kappa shape index (κ3) is 1.81. The Morgan fingerprint density at radius 3 is 1.94 bits per heavy atom. The van der Waals surface area contributed by atoms with Crippen LogP contribution in [0.3, 0.4) is 0 Å². The van der Waals surface area contributed by atoms with E-state index in [2.05, 4.69) is 0 Å². The lowest BCUT2D eigenvalue weighted by Crippen LogP contribution is -2.49. The van der Waals surface area contributed by atoms with Crippen molar-refractivity contribution in [3.05, 3.63) is 54.6 Å². The van der Waals surface area contributed by atoms with Gasteiger partial charge in [0.05, 0.1) is 0 Å². The van der Waals surface area contributed by atoms with Gasteiger partial charge in [-0.3, -0.25) is 0 Å². The zero-order valence-corrected chi connectivity index (χ0v) is 10.5. The minimum atomic E-state index is -4.29. The first-order valence-corrected chi connectivity index (χ1v) is 7.49. The quantitative estimate of drug-likeness (QED) is 0.451. The highest BCUT2D eigenvalue weighted by Gasteiger charge is 2.32. The molecule has 0 aromatic heterocycles. The molecule has 4 heteroatoms. The van der Waals surface area contributed by atoms with Crippen molar-refractivity contribution in [3.63, 3.8) is 0 Å². The van der Waals surface area contributed by atoms with Crippen LogP contribution in [-0.4, -0.2) is 23.2 Å². The predicted molar refractivity (Wildman–Crippen MR) is 73.5 cm³/mol. The van der Waals surface area contributed by atoms with Crippen LogP contribution in [0.15, 0.2) is 54.6 Å². The second-order valence-electron chi connectivity index (χ2n) is 4.36. The van der Waals surface area contributed by atoms with Gasteiger partial charge in [0.25, 0.3) is 0 Å². The number of benzene rings is 3. The van der Waals surface area contributed by atoms with E-state index in [0.717, 1.165) is 16.2 Å². The molecule has 0 aliphatic rings. The summed E-state index contributed by atoms with van der Waals surface area (Å²) in [6.07, 6.45) is 0. The van der Waals surface area contributed by atoms with Crippen LogP contribution >= 0.6 is 0 Å². The van der Waals surface area contributed by atoms with Gasteiger partial charge in [0.2, 0.25) is 0 Å². The molecule has 3 N–H and O–H groups in total. The molecule has 18 heavy (non-hydrogen) atoms. The Balaban J connectivity index is 2.44. The average Bonchev–Trinajstić information content (AvgIpc) is 2.34. The van der Waals surface area contributed by atoms with E-state index in [0.29, 0.717) is 5.39 Å². The van der Waals surface area contributed by atoms with E-state index >= 15 is 0 Å². The van der Waals surface area contributed by atoms with Gasteiger partial charge in [-0.1, -0.05) is 42.5 Å². The third-order valence-electron chi connectivity index (χ3n) is 3.11. The minimum absolute atomic E-state index is 0.228. The molecule has 90 valence electrons. The zero-order valence-electron chi connectivity index (χ0n) is 9.54. The maximum atomic E-state index is 9.51. The summed E-state index contributed by atoms with van der Waals surface area (Å²) in [5, 5.41) is 3.90. The summed E-state index contributed by atoms with van der Waals surface area (Å²) in [6.45, 7) is 0. The van der Waals surface area contributed by atoms with E-state index in [-0.39, 0.29) is 5.19 Å². The van der Waals surface area contributed by atoms with E-state index in [1.165, 1.54) is 0 Å². The van der Waals surface area contributed by atoms with Crippen LogP contribution in [0.25, 0.3) is 21.5 Å². The molecule has 0 fully saturated rings. The Hall–Kier alpha value is -1.72. The highest BCUT2D eigenvalue weighted by Crippen LogP contribution is 2.22. The molecule has 0 unspecified atom stereocenters. The molecule has 3 aromatic rings. The molecule has 0 bridgehead atoms. The topological polar surface area (TPSA) is 60.7 Å². The van der Waals surface area contributed by atoms with Crippen molar-refractivity contribution < 1.29 is 14.4 Å². The first-order chi connectivity index (χ1) is 8.55. The molecule has 0 atom stereocenters. The molecule has 0 amide bonds. The minimum Gasteiger partial charge on any atom is -0.386 e. The van der Waals surface area contributed by atoms with E-state index in [9.17, 15) is 14.4 Å². The van der Waals surface area contributed by atoms with Crippen molar-refractivity contribution in [2.45, 2.75) is 0 Å². The molecule has 0 heterocycles. The smallest absolute Gasteiger partial charge is 0.386 e. The van der Waals surface area contributed by atoms with Crippen LogP contribution in [0.4, 0.5) is 0 Å². The summed E-state index contributed by atoms with van der Waals surface area (Å²) in [6, 6.07) is 16.9. The lowest BCUT2D eigenvalue weighted by atomic mass is 10.0. The molecule has 3 nitrogen and oxygen atoms in total. The van der Waals surface area contributed by atoms with Crippen molar-refractivity contribution in [3.8, 4) is 0 Å². The maximum absolute atomic E-state index is 9.51. The van der Waals surface area contributed by atoms with Gasteiger partial charge in [-0.25, -0.2) is 0 Å². The fourth-order valence-corrected chi connectivity index (χ4v) is 3.16. The first-order valence-electron chi connectivity index (χ1n) is 5.65. The van der Waals surface area contributed by atoms with Crippen molar-refractivity contribution >= 4 is 35.5 Å². The van der Waals surface area contributed by atoms with Gasteiger partial charge in [-0.05, 0) is 33.7 Å². The Labute approximate surface area is 105 Å². The normalized spacial score (nSPS) is 12.2. The van der Waals surface area contributed by atoms with Crippen LogP contribution in [0.5, 0.6) is 0 Å². The Morgan fingerprint density at radius 1 is 0.667 bits per heavy atom. The summed E-state index contributed by atoms with van der Waals surface area (Å²) in [4.78, 5) is 28.5. The van der Waals surface area contributed by atoms with E-state index in [1.807, 2.05) is 42.5 Å². The Kier molecular flexibility index (Phi) is 2.46. The van der Waals surface area contributed by atoms with E-state index in [4.69, 9.17) is 0 Å². The summed E-state index contributed by atoms with van der Waals surface area (Å²) >= 11 is 0. The third-order valence-corrected chi connectivity index (χ3v) is 4.27. The lowest BCUT2D eigenvalue weighted by molar-refractivity contribution is 0.250. The average molecular weight is 256 g/mol. The van der Waals surface area contributed by atoms with Crippen LogP contribution in [0.1, 0.15) is 0 Å². The largest absolute Gasteiger partial charge is 0.529 e. The first kappa shape index (κ1) is 11.4. The summed E-state index contributed by atoms with van der Waals surface area (Å²) < 4.78 is 0. The maximum Gasteiger partial charge on any atom is 0.529 e. The van der Waals surface area contributed by atoms with Crippen molar-refractivity contribution in [1.29, 1.82) is 0 Å². The van der Waals surface area contributed by atoms with Crippen LogP contribution < -0.4 is 5.19 Å². The molecule has 0 saturated heterocycles. The number of fused-ring (bicyclic) bond motifs is 2. The molecular formula is C14H12O3Si. The van der Waals surface area contributed by atoms with Gasteiger partial charge in [0, 0.05) is 5.19 Å². The summed E-state index contributed by atoms with van der Waals surface area (Å²) in [5.74, 6) is 0. The molecule has 3 rings (SSSR count). The van der Waals surface area contributed by atoms with Gasteiger partial charge in [-0.15, -0.1) is 0 Å².